The van der Waals surface area contributed by atoms with Gasteiger partial charge in [-0.1, -0.05) is 78.9 Å². The molecule has 0 radical (unpaired) electrons. The third kappa shape index (κ3) is 4.44. The van der Waals surface area contributed by atoms with E-state index in [1.807, 2.05) is 66.7 Å². The van der Waals surface area contributed by atoms with Crippen molar-refractivity contribution in [3.63, 3.8) is 0 Å². The van der Waals surface area contributed by atoms with E-state index in [9.17, 15) is 14.7 Å². The number of fused-ring (bicyclic) bond motifs is 3. The molecule has 0 aromatic heterocycles. The molecule has 0 bridgehead atoms. The Morgan fingerprint density at radius 3 is 1.97 bits per heavy atom. The lowest BCUT2D eigenvalue weighted by atomic mass is 9.93. The summed E-state index contributed by atoms with van der Waals surface area (Å²) in [6, 6.07) is 25.3. The highest BCUT2D eigenvalue weighted by molar-refractivity contribution is 5.84. The van der Waals surface area contributed by atoms with Crippen molar-refractivity contribution in [1.29, 1.82) is 0 Å². The molecule has 0 saturated carbocycles. The number of hydrogen-bond acceptors (Lipinski definition) is 3. The monoisotopic (exact) mass is 419 g/mol. The van der Waals surface area contributed by atoms with Crippen LogP contribution in [0.4, 0.5) is 4.79 Å². The molecule has 3 aromatic carbocycles. The summed E-state index contributed by atoms with van der Waals surface area (Å²) in [5, 5.41) is 12.3. The van der Waals surface area contributed by atoms with Crippen LogP contribution in [0.2, 0.25) is 0 Å². The molecule has 6 nitrogen and oxygen atoms in total. The van der Waals surface area contributed by atoms with E-state index in [1.54, 1.807) is 0 Å². The second-order valence-electron chi connectivity index (χ2n) is 7.75. The van der Waals surface area contributed by atoms with Gasteiger partial charge in [-0.15, -0.1) is 0 Å². The largest absolute Gasteiger partial charge is 0.480 e. The van der Waals surface area contributed by atoms with Gasteiger partial charge in [0.15, 0.2) is 0 Å². The Balaban J connectivity index is 0.00000272. The van der Waals surface area contributed by atoms with Crippen molar-refractivity contribution in [2.24, 2.45) is 0 Å². The van der Waals surface area contributed by atoms with E-state index in [4.69, 9.17) is 4.74 Å². The molecular formula is C25H25NO5. The molecule has 6 heteroatoms. The lowest BCUT2D eigenvalue weighted by Crippen LogP contribution is -2.54. The maximum atomic E-state index is 12.5. The number of amides is 1. The number of carboxylic acids is 1. The van der Waals surface area contributed by atoms with E-state index in [0.717, 1.165) is 27.8 Å². The fraction of sp³-hybridized carbons (Fsp3) is 0.200. The van der Waals surface area contributed by atoms with Gasteiger partial charge in [0.05, 0.1) is 0 Å². The molecule has 0 spiro atoms. The molecule has 1 amide bonds. The van der Waals surface area contributed by atoms with E-state index in [0.29, 0.717) is 0 Å². The second kappa shape index (κ2) is 9.02. The minimum absolute atomic E-state index is 0. The number of rotatable bonds is 6. The first-order valence-corrected chi connectivity index (χ1v) is 9.88. The second-order valence-corrected chi connectivity index (χ2v) is 7.75. The van der Waals surface area contributed by atoms with Crippen molar-refractivity contribution in [2.45, 2.75) is 24.8 Å². The van der Waals surface area contributed by atoms with Crippen LogP contribution < -0.4 is 5.32 Å². The number of nitrogens with one attached hydrogen (secondary N) is 1. The zero-order chi connectivity index (χ0) is 21.1. The Kier molecular flexibility index (Phi) is 6.42. The van der Waals surface area contributed by atoms with Gasteiger partial charge in [0.25, 0.3) is 0 Å². The van der Waals surface area contributed by atoms with Gasteiger partial charge < -0.3 is 20.6 Å². The molecule has 0 aliphatic heterocycles. The summed E-state index contributed by atoms with van der Waals surface area (Å²) in [5.74, 6) is -1.19. The minimum Gasteiger partial charge on any atom is -0.480 e. The van der Waals surface area contributed by atoms with Gasteiger partial charge in [-0.05, 0) is 34.7 Å². The molecular weight excluding hydrogens is 394 g/mol. The van der Waals surface area contributed by atoms with E-state index < -0.39 is 17.6 Å². The maximum absolute atomic E-state index is 12.5. The first-order chi connectivity index (χ1) is 14.5. The van der Waals surface area contributed by atoms with Crippen LogP contribution >= 0.6 is 0 Å². The molecule has 1 aliphatic rings. The number of benzene rings is 3. The SMILES string of the molecule is C[C@](Cc1ccccc1)(NC(=O)OCC1c2ccccc2-c2ccccc21)C(=O)O.O. The van der Waals surface area contributed by atoms with Crippen molar-refractivity contribution in [3.05, 3.63) is 95.6 Å². The molecule has 3 aromatic rings. The first kappa shape index (κ1) is 22.1. The number of carbonyl (C=O) groups excluding carboxylic acids is 1. The Bertz CT molecular complexity index is 1040. The number of aliphatic carboxylic acids is 1. The lowest BCUT2D eigenvalue weighted by Gasteiger charge is -2.26. The van der Waals surface area contributed by atoms with Crippen LogP contribution in [-0.4, -0.2) is 34.8 Å². The zero-order valence-electron chi connectivity index (χ0n) is 17.2. The number of carboxylic acid groups (broad SMARTS) is 1. The maximum Gasteiger partial charge on any atom is 0.408 e. The average molecular weight is 419 g/mol. The Morgan fingerprint density at radius 1 is 0.903 bits per heavy atom. The summed E-state index contributed by atoms with van der Waals surface area (Å²) in [5.41, 5.74) is 3.85. The predicted octanol–water partition coefficient (Wildman–Crippen LogP) is 3.79. The van der Waals surface area contributed by atoms with Crippen LogP contribution in [0, 0.1) is 0 Å². The van der Waals surface area contributed by atoms with Crippen LogP contribution in [-0.2, 0) is 16.0 Å². The molecule has 31 heavy (non-hydrogen) atoms. The summed E-state index contributed by atoms with van der Waals surface area (Å²) in [7, 11) is 0. The highest BCUT2D eigenvalue weighted by Crippen LogP contribution is 2.44. The topological polar surface area (TPSA) is 107 Å². The first-order valence-electron chi connectivity index (χ1n) is 9.88. The number of carbonyl (C=O) groups is 2. The summed E-state index contributed by atoms with van der Waals surface area (Å²) in [4.78, 5) is 24.4. The van der Waals surface area contributed by atoms with Gasteiger partial charge in [0.2, 0.25) is 0 Å². The lowest BCUT2D eigenvalue weighted by molar-refractivity contribution is -0.143. The molecule has 0 fully saturated rings. The van der Waals surface area contributed by atoms with Crippen LogP contribution in [0.25, 0.3) is 11.1 Å². The van der Waals surface area contributed by atoms with Gasteiger partial charge in [-0.3, -0.25) is 0 Å². The van der Waals surface area contributed by atoms with E-state index in [1.165, 1.54) is 6.92 Å². The average Bonchev–Trinajstić information content (AvgIpc) is 3.06. The summed E-state index contributed by atoms with van der Waals surface area (Å²) in [6.45, 7) is 1.63. The van der Waals surface area contributed by atoms with Crippen LogP contribution in [0.1, 0.15) is 29.5 Å². The number of ether oxygens (including phenoxy) is 1. The molecule has 0 unspecified atom stereocenters. The Labute approximate surface area is 180 Å². The van der Waals surface area contributed by atoms with Crippen LogP contribution in [0.15, 0.2) is 78.9 Å². The van der Waals surface area contributed by atoms with Crippen LogP contribution in [0.5, 0.6) is 0 Å². The Hall–Kier alpha value is -3.64. The van der Waals surface area contributed by atoms with Crippen molar-refractivity contribution < 1.29 is 24.9 Å². The molecule has 0 saturated heterocycles. The minimum atomic E-state index is -1.47. The van der Waals surface area contributed by atoms with Gasteiger partial charge >= 0.3 is 12.1 Å². The fourth-order valence-corrected chi connectivity index (χ4v) is 4.04. The van der Waals surface area contributed by atoms with E-state index >= 15 is 0 Å². The predicted molar refractivity (Wildman–Crippen MR) is 118 cm³/mol. The molecule has 1 aliphatic carbocycles. The van der Waals surface area contributed by atoms with Crippen LogP contribution in [0.3, 0.4) is 0 Å². The third-order valence-electron chi connectivity index (χ3n) is 5.59. The standard InChI is InChI=1S/C25H23NO4.H2O/c1-25(23(27)28,15-17-9-3-2-4-10-17)26-24(29)30-16-22-20-13-7-5-11-18(20)19-12-6-8-14-21(19)22;/h2-14,22H,15-16H2,1H3,(H,26,29)(H,27,28);1H2/t25-;/m1./s1. The molecule has 0 heterocycles. The van der Waals surface area contributed by atoms with Gasteiger partial charge in [0, 0.05) is 12.3 Å². The zero-order valence-corrected chi connectivity index (χ0v) is 17.2. The van der Waals surface area contributed by atoms with Crippen molar-refractivity contribution >= 4 is 12.1 Å². The smallest absolute Gasteiger partial charge is 0.408 e. The van der Waals surface area contributed by atoms with E-state index in [2.05, 4.69) is 17.4 Å². The molecule has 1 atom stereocenters. The summed E-state index contributed by atoms with van der Waals surface area (Å²) in [6.07, 6.45) is -0.578. The van der Waals surface area contributed by atoms with Gasteiger partial charge in [-0.25, -0.2) is 9.59 Å². The van der Waals surface area contributed by atoms with Gasteiger partial charge in [0.1, 0.15) is 12.1 Å². The van der Waals surface area contributed by atoms with Crippen molar-refractivity contribution in [3.8, 4) is 11.1 Å². The van der Waals surface area contributed by atoms with Crippen molar-refractivity contribution in [2.75, 3.05) is 6.61 Å². The number of alkyl carbamates (subject to hydrolysis) is 1. The number of hydrogen-bond donors (Lipinski definition) is 2. The van der Waals surface area contributed by atoms with Crippen molar-refractivity contribution in [1.82, 2.24) is 5.32 Å². The normalized spacial score (nSPS) is 13.8. The highest BCUT2D eigenvalue weighted by atomic mass is 16.5. The summed E-state index contributed by atoms with van der Waals surface area (Å²) < 4.78 is 5.51. The Morgan fingerprint density at radius 2 is 1.42 bits per heavy atom. The molecule has 4 N–H and O–H groups in total. The van der Waals surface area contributed by atoms with E-state index in [-0.39, 0.29) is 24.4 Å². The molecule has 160 valence electrons. The summed E-state index contributed by atoms with van der Waals surface area (Å²) >= 11 is 0. The quantitative estimate of drug-likeness (QED) is 0.634. The fourth-order valence-electron chi connectivity index (χ4n) is 4.04. The highest BCUT2D eigenvalue weighted by Gasteiger charge is 2.36. The third-order valence-corrected chi connectivity index (χ3v) is 5.59. The van der Waals surface area contributed by atoms with Gasteiger partial charge in [-0.2, -0.15) is 0 Å². The molecule has 4 rings (SSSR count).